The molecule has 114 valence electrons. The van der Waals surface area contributed by atoms with Gasteiger partial charge in [-0.2, -0.15) is 4.98 Å². The second-order valence-corrected chi connectivity index (χ2v) is 4.72. The van der Waals surface area contributed by atoms with Gasteiger partial charge in [0.1, 0.15) is 17.2 Å². The quantitative estimate of drug-likeness (QED) is 0.881. The molecule has 0 aliphatic carbocycles. The molecule has 0 unspecified atom stereocenters. The molecule has 2 rings (SSSR count). The number of aromatic nitrogens is 2. The van der Waals surface area contributed by atoms with E-state index in [-0.39, 0.29) is 17.2 Å². The van der Waals surface area contributed by atoms with Crippen molar-refractivity contribution in [2.24, 2.45) is 0 Å². The van der Waals surface area contributed by atoms with Gasteiger partial charge in [-0.3, -0.25) is 0 Å². The molecule has 0 amide bonds. The van der Waals surface area contributed by atoms with Gasteiger partial charge in [0.25, 0.3) is 5.89 Å². The van der Waals surface area contributed by atoms with Crippen molar-refractivity contribution in [2.75, 3.05) is 6.61 Å². The summed E-state index contributed by atoms with van der Waals surface area (Å²) in [6, 6.07) is 3.79. The summed E-state index contributed by atoms with van der Waals surface area (Å²) in [5.74, 6) is -0.271. The van der Waals surface area contributed by atoms with Gasteiger partial charge < -0.3 is 14.4 Å². The Bertz CT molecular complexity index is 609. The molecule has 1 N–H and O–H groups in total. The van der Waals surface area contributed by atoms with E-state index in [0.717, 1.165) is 6.07 Å². The van der Waals surface area contributed by atoms with E-state index in [2.05, 4.69) is 10.1 Å². The number of nitrogens with zero attached hydrogens (tertiary/aromatic N) is 2. The van der Waals surface area contributed by atoms with Crippen molar-refractivity contribution >= 4 is 0 Å². The highest BCUT2D eigenvalue weighted by Gasteiger charge is 2.34. The fourth-order valence-corrected chi connectivity index (χ4v) is 2.31. The Balaban J connectivity index is 2.40. The van der Waals surface area contributed by atoms with Crippen LogP contribution in [0, 0.1) is 5.82 Å². The molecule has 0 atom stereocenters. The van der Waals surface area contributed by atoms with E-state index in [1.165, 1.54) is 12.1 Å². The summed E-state index contributed by atoms with van der Waals surface area (Å²) in [6.45, 7) is 6.40. The zero-order valence-corrected chi connectivity index (χ0v) is 12.4. The van der Waals surface area contributed by atoms with Crippen LogP contribution >= 0.6 is 0 Å². The minimum Gasteiger partial charge on any atom is -0.508 e. The fraction of sp³-hybridized carbons (Fsp3) is 0.467. The molecule has 6 heteroatoms. The van der Waals surface area contributed by atoms with E-state index >= 15 is 0 Å². The predicted octanol–water partition coefficient (Wildman–Crippen LogP) is 3.63. The molecule has 1 aromatic carbocycles. The summed E-state index contributed by atoms with van der Waals surface area (Å²) in [6.07, 6.45) is 1.38. The first kappa shape index (κ1) is 15.4. The van der Waals surface area contributed by atoms with Gasteiger partial charge in [-0.1, -0.05) is 19.0 Å². The van der Waals surface area contributed by atoms with E-state index in [0.29, 0.717) is 25.3 Å². The minimum atomic E-state index is -0.621. The van der Waals surface area contributed by atoms with Crippen LogP contribution in [0.2, 0.25) is 0 Å². The molecule has 0 saturated carbocycles. The molecule has 1 aromatic heterocycles. The molecule has 21 heavy (non-hydrogen) atoms. The number of phenols is 1. The topological polar surface area (TPSA) is 68.4 Å². The number of rotatable bonds is 6. The summed E-state index contributed by atoms with van der Waals surface area (Å²) >= 11 is 0. The molecule has 1 heterocycles. The molecular weight excluding hydrogens is 275 g/mol. The SMILES string of the molecule is CCOC(CC)(CC)c1noc(-c2ccc(O)cc2F)n1. The number of benzene rings is 1. The van der Waals surface area contributed by atoms with Gasteiger partial charge in [0.05, 0.1) is 5.56 Å². The van der Waals surface area contributed by atoms with Gasteiger partial charge in [0.2, 0.25) is 5.82 Å². The van der Waals surface area contributed by atoms with Crippen LogP contribution in [-0.2, 0) is 10.3 Å². The summed E-state index contributed by atoms with van der Waals surface area (Å²) < 4.78 is 24.8. The number of hydrogen-bond acceptors (Lipinski definition) is 5. The van der Waals surface area contributed by atoms with E-state index < -0.39 is 11.4 Å². The molecule has 0 radical (unpaired) electrons. The van der Waals surface area contributed by atoms with Crippen LogP contribution in [0.3, 0.4) is 0 Å². The molecule has 0 spiro atoms. The first-order valence-corrected chi connectivity index (χ1v) is 7.03. The number of phenolic OH excluding ortho intramolecular Hbond substituents is 1. The van der Waals surface area contributed by atoms with Crippen LogP contribution in [0.1, 0.15) is 39.4 Å². The highest BCUT2D eigenvalue weighted by atomic mass is 19.1. The molecule has 0 aliphatic rings. The first-order valence-electron chi connectivity index (χ1n) is 7.03. The van der Waals surface area contributed by atoms with Crippen molar-refractivity contribution in [3.63, 3.8) is 0 Å². The van der Waals surface area contributed by atoms with E-state index in [4.69, 9.17) is 9.26 Å². The lowest BCUT2D eigenvalue weighted by Crippen LogP contribution is -2.29. The summed E-state index contributed by atoms with van der Waals surface area (Å²) in [5.41, 5.74) is -0.465. The Labute approximate surface area is 122 Å². The standard InChI is InChI=1S/C15H19FN2O3/c1-4-15(5-2,20-6-3)14-17-13(21-18-14)11-8-7-10(19)9-12(11)16/h7-9,19H,4-6H2,1-3H3. The third kappa shape index (κ3) is 2.90. The zero-order chi connectivity index (χ0) is 15.5. The Morgan fingerprint density at radius 1 is 1.29 bits per heavy atom. The molecule has 2 aromatic rings. The lowest BCUT2D eigenvalue weighted by Gasteiger charge is -2.27. The second-order valence-electron chi connectivity index (χ2n) is 4.72. The van der Waals surface area contributed by atoms with E-state index in [1.807, 2.05) is 20.8 Å². The van der Waals surface area contributed by atoms with Crippen molar-refractivity contribution in [3.05, 3.63) is 29.8 Å². The molecule has 0 bridgehead atoms. The average Bonchev–Trinajstić information content (AvgIpc) is 2.95. The van der Waals surface area contributed by atoms with Crippen molar-refractivity contribution in [1.29, 1.82) is 0 Å². The van der Waals surface area contributed by atoms with Crippen LogP contribution in [0.25, 0.3) is 11.5 Å². The molecule has 5 nitrogen and oxygen atoms in total. The van der Waals surface area contributed by atoms with Crippen LogP contribution in [0.4, 0.5) is 4.39 Å². The maximum atomic E-state index is 13.8. The lowest BCUT2D eigenvalue weighted by molar-refractivity contribution is -0.0583. The van der Waals surface area contributed by atoms with Crippen molar-refractivity contribution in [2.45, 2.75) is 39.2 Å². The first-order chi connectivity index (χ1) is 10.1. The molecular formula is C15H19FN2O3. The Hall–Kier alpha value is -1.95. The van der Waals surface area contributed by atoms with Crippen molar-refractivity contribution in [3.8, 4) is 17.2 Å². The number of hydrogen-bond donors (Lipinski definition) is 1. The lowest BCUT2D eigenvalue weighted by atomic mass is 9.96. The van der Waals surface area contributed by atoms with Crippen LogP contribution in [-0.4, -0.2) is 21.9 Å². The highest BCUT2D eigenvalue weighted by molar-refractivity contribution is 5.55. The predicted molar refractivity (Wildman–Crippen MR) is 75.2 cm³/mol. The normalized spacial score (nSPS) is 11.8. The zero-order valence-electron chi connectivity index (χ0n) is 12.4. The Morgan fingerprint density at radius 2 is 2.00 bits per heavy atom. The maximum Gasteiger partial charge on any atom is 0.261 e. The summed E-state index contributed by atoms with van der Waals surface area (Å²) in [5, 5.41) is 13.2. The largest absolute Gasteiger partial charge is 0.508 e. The second kappa shape index (κ2) is 6.22. The number of halogens is 1. The summed E-state index contributed by atoms with van der Waals surface area (Å²) in [7, 11) is 0. The molecule has 0 fully saturated rings. The Morgan fingerprint density at radius 3 is 2.57 bits per heavy atom. The van der Waals surface area contributed by atoms with Gasteiger partial charge in [-0.25, -0.2) is 4.39 Å². The van der Waals surface area contributed by atoms with Crippen molar-refractivity contribution < 1.29 is 18.8 Å². The smallest absolute Gasteiger partial charge is 0.261 e. The van der Waals surface area contributed by atoms with Gasteiger partial charge >= 0.3 is 0 Å². The highest BCUT2D eigenvalue weighted by Crippen LogP contribution is 2.33. The van der Waals surface area contributed by atoms with E-state index in [9.17, 15) is 9.50 Å². The number of aromatic hydroxyl groups is 1. The minimum absolute atomic E-state index is 0.0773. The maximum absolute atomic E-state index is 13.8. The monoisotopic (exact) mass is 294 g/mol. The van der Waals surface area contributed by atoms with Gasteiger partial charge in [0, 0.05) is 12.7 Å². The van der Waals surface area contributed by atoms with Gasteiger partial charge in [-0.15, -0.1) is 0 Å². The van der Waals surface area contributed by atoms with Crippen LogP contribution in [0.15, 0.2) is 22.7 Å². The Kier molecular flexibility index (Phi) is 4.57. The summed E-state index contributed by atoms with van der Waals surface area (Å²) in [4.78, 5) is 4.28. The molecule has 0 saturated heterocycles. The fourth-order valence-electron chi connectivity index (χ4n) is 2.31. The average molecular weight is 294 g/mol. The third-order valence-corrected chi connectivity index (χ3v) is 3.58. The van der Waals surface area contributed by atoms with E-state index in [1.54, 1.807) is 0 Å². The third-order valence-electron chi connectivity index (χ3n) is 3.58. The van der Waals surface area contributed by atoms with Crippen LogP contribution < -0.4 is 0 Å². The van der Waals surface area contributed by atoms with Gasteiger partial charge in [0.15, 0.2) is 0 Å². The molecule has 0 aliphatic heterocycles. The van der Waals surface area contributed by atoms with Gasteiger partial charge in [-0.05, 0) is 31.9 Å². The van der Waals surface area contributed by atoms with Crippen molar-refractivity contribution in [1.82, 2.24) is 10.1 Å². The van der Waals surface area contributed by atoms with Crippen LogP contribution in [0.5, 0.6) is 5.75 Å². The number of ether oxygens (including phenoxy) is 1.